The fourth-order valence-corrected chi connectivity index (χ4v) is 2.72. The molecule has 3 nitrogen and oxygen atoms in total. The number of esters is 1. The fraction of sp³-hybridized carbons (Fsp3) is 0.316. The Kier molecular flexibility index (Phi) is 5.73. The molecule has 0 heterocycles. The van der Waals surface area contributed by atoms with Crippen molar-refractivity contribution >= 4 is 5.97 Å². The molecular formula is C19H23NO2. The molecule has 1 aliphatic carbocycles. The Morgan fingerprint density at radius 2 is 1.45 bits per heavy atom. The van der Waals surface area contributed by atoms with Crippen molar-refractivity contribution in [3.8, 4) is 11.1 Å². The molecule has 3 heteroatoms. The Morgan fingerprint density at radius 3 is 1.91 bits per heavy atom. The van der Waals surface area contributed by atoms with Gasteiger partial charge in [-0.3, -0.25) is 4.79 Å². The average molecular weight is 297 g/mol. The van der Waals surface area contributed by atoms with Crippen LogP contribution < -0.4 is 5.73 Å². The summed E-state index contributed by atoms with van der Waals surface area (Å²) in [5.74, 6) is 0.0322. The second-order valence-corrected chi connectivity index (χ2v) is 5.17. The van der Waals surface area contributed by atoms with Gasteiger partial charge in [0.15, 0.2) is 0 Å². The van der Waals surface area contributed by atoms with E-state index in [1.807, 2.05) is 26.0 Å². The third-order valence-electron chi connectivity index (χ3n) is 3.66. The minimum absolute atomic E-state index is 0.137. The maximum Gasteiger partial charge on any atom is 0.305 e. The number of nitrogens with two attached hydrogens (primary N) is 1. The van der Waals surface area contributed by atoms with Gasteiger partial charge in [-0.25, -0.2) is 0 Å². The molecule has 2 aromatic carbocycles. The van der Waals surface area contributed by atoms with Gasteiger partial charge in [-0.15, -0.1) is 0 Å². The molecule has 2 N–H and O–H groups in total. The first kappa shape index (κ1) is 16.2. The second kappa shape index (κ2) is 7.76. The highest BCUT2D eigenvalue weighted by molar-refractivity contribution is 5.79. The van der Waals surface area contributed by atoms with Crippen LogP contribution in [0, 0.1) is 0 Å². The number of fused-ring (bicyclic) bond motifs is 3. The van der Waals surface area contributed by atoms with Crippen LogP contribution in [0.5, 0.6) is 0 Å². The van der Waals surface area contributed by atoms with Gasteiger partial charge in [0.05, 0.1) is 0 Å². The summed E-state index contributed by atoms with van der Waals surface area (Å²) in [5.41, 5.74) is 9.88. The number of rotatable bonds is 3. The van der Waals surface area contributed by atoms with Gasteiger partial charge >= 0.3 is 5.97 Å². The zero-order valence-corrected chi connectivity index (χ0v) is 13.2. The molecule has 2 aromatic rings. The Labute approximate surface area is 132 Å². The van der Waals surface area contributed by atoms with Crippen LogP contribution in [0.1, 0.15) is 37.3 Å². The van der Waals surface area contributed by atoms with Gasteiger partial charge < -0.3 is 10.5 Å². The Balaban J connectivity index is 0.000000545. The largest absolute Gasteiger partial charge is 0.465 e. The first-order valence-corrected chi connectivity index (χ1v) is 7.76. The molecule has 0 fully saturated rings. The van der Waals surface area contributed by atoms with E-state index in [-0.39, 0.29) is 11.9 Å². The molecule has 0 aromatic heterocycles. The highest BCUT2D eigenvalue weighted by Crippen LogP contribution is 2.44. The lowest BCUT2D eigenvalue weighted by Gasteiger charge is -2.13. The molecule has 0 atom stereocenters. The molecule has 0 bridgehead atoms. The predicted octanol–water partition coefficient (Wildman–Crippen LogP) is 3.72. The van der Waals surface area contributed by atoms with E-state index >= 15 is 0 Å². The lowest BCUT2D eigenvalue weighted by atomic mass is 9.98. The summed E-state index contributed by atoms with van der Waals surface area (Å²) in [6, 6.07) is 16.7. The maximum absolute atomic E-state index is 11.4. The zero-order chi connectivity index (χ0) is 15.9. The molecule has 0 saturated carbocycles. The minimum atomic E-state index is -0.137. The van der Waals surface area contributed by atoms with Crippen molar-refractivity contribution in [2.75, 3.05) is 13.2 Å². The van der Waals surface area contributed by atoms with Crippen molar-refractivity contribution in [2.45, 2.75) is 26.2 Å². The summed E-state index contributed by atoms with van der Waals surface area (Å²) in [5, 5.41) is 0. The molecule has 0 amide bonds. The van der Waals surface area contributed by atoms with Crippen LogP contribution in [0.25, 0.3) is 11.1 Å². The molecule has 1 aliphatic rings. The number of hydrogen-bond acceptors (Lipinski definition) is 3. The van der Waals surface area contributed by atoms with E-state index in [1.165, 1.54) is 22.3 Å². The van der Waals surface area contributed by atoms with Crippen LogP contribution in [0.4, 0.5) is 0 Å². The van der Waals surface area contributed by atoms with Gasteiger partial charge in [0.25, 0.3) is 0 Å². The Bertz CT molecular complexity index is 591. The number of carbonyl (C=O) groups excluding carboxylic acids is 1. The first-order chi connectivity index (χ1) is 10.7. The smallest absolute Gasteiger partial charge is 0.305 e. The van der Waals surface area contributed by atoms with Gasteiger partial charge in [0.2, 0.25) is 0 Å². The average Bonchev–Trinajstić information content (AvgIpc) is 2.87. The third kappa shape index (κ3) is 3.37. The highest BCUT2D eigenvalue weighted by atomic mass is 16.5. The van der Waals surface area contributed by atoms with Crippen molar-refractivity contribution < 1.29 is 9.53 Å². The molecule has 0 radical (unpaired) electrons. The van der Waals surface area contributed by atoms with E-state index in [0.29, 0.717) is 13.0 Å². The lowest BCUT2D eigenvalue weighted by molar-refractivity contribution is -0.143. The lowest BCUT2D eigenvalue weighted by Crippen LogP contribution is -2.11. The molecular weight excluding hydrogens is 274 g/mol. The topological polar surface area (TPSA) is 52.3 Å². The van der Waals surface area contributed by atoms with Crippen LogP contribution in [-0.2, 0) is 9.53 Å². The summed E-state index contributed by atoms with van der Waals surface area (Å²) in [6.45, 7) is 4.90. The van der Waals surface area contributed by atoms with Gasteiger partial charge in [-0.1, -0.05) is 62.4 Å². The third-order valence-corrected chi connectivity index (χ3v) is 3.66. The van der Waals surface area contributed by atoms with Crippen LogP contribution in [0.15, 0.2) is 48.5 Å². The fourth-order valence-electron chi connectivity index (χ4n) is 2.72. The van der Waals surface area contributed by atoms with Crippen molar-refractivity contribution in [3.63, 3.8) is 0 Å². The molecule has 0 spiro atoms. The van der Waals surface area contributed by atoms with Crippen molar-refractivity contribution in [1.29, 1.82) is 0 Å². The monoisotopic (exact) mass is 297 g/mol. The van der Waals surface area contributed by atoms with E-state index in [2.05, 4.69) is 36.4 Å². The number of ether oxygens (including phenoxy) is 1. The summed E-state index contributed by atoms with van der Waals surface area (Å²) >= 11 is 0. The normalized spacial score (nSPS) is 12.0. The highest BCUT2D eigenvalue weighted by Gasteiger charge is 2.28. The summed E-state index contributed by atoms with van der Waals surface area (Å²) < 4.78 is 5.35. The Hall–Kier alpha value is -2.13. The van der Waals surface area contributed by atoms with Crippen molar-refractivity contribution in [3.05, 3.63) is 59.7 Å². The number of carbonyl (C=O) groups is 1. The zero-order valence-electron chi connectivity index (χ0n) is 13.2. The summed E-state index contributed by atoms with van der Waals surface area (Å²) in [6.07, 6.45) is 0.427. The second-order valence-electron chi connectivity index (χ2n) is 5.17. The summed E-state index contributed by atoms with van der Waals surface area (Å²) in [4.78, 5) is 11.4. The van der Waals surface area contributed by atoms with Gasteiger partial charge in [0.1, 0.15) is 6.61 Å². The molecule has 0 saturated heterocycles. The van der Waals surface area contributed by atoms with E-state index in [0.717, 1.165) is 6.54 Å². The van der Waals surface area contributed by atoms with Gasteiger partial charge in [-0.2, -0.15) is 0 Å². The van der Waals surface area contributed by atoms with E-state index in [9.17, 15) is 4.79 Å². The van der Waals surface area contributed by atoms with Crippen molar-refractivity contribution in [2.24, 2.45) is 5.73 Å². The quantitative estimate of drug-likeness (QED) is 0.879. The molecule has 0 unspecified atom stereocenters. The summed E-state index contributed by atoms with van der Waals surface area (Å²) in [7, 11) is 0. The van der Waals surface area contributed by atoms with E-state index < -0.39 is 0 Å². The van der Waals surface area contributed by atoms with Gasteiger partial charge in [0, 0.05) is 12.3 Å². The number of hydrogen-bond donors (Lipinski definition) is 1. The standard InChI is InChI=1S/C17H16O2.C2H7N/c1-2-17(18)19-11-16-14-9-5-3-7-12(14)13-8-4-6-10-15(13)16;1-2-3/h3-10,16H,2,11H2,1H3;2-3H2,1H3. The van der Waals surface area contributed by atoms with E-state index in [4.69, 9.17) is 10.5 Å². The predicted molar refractivity (Wildman–Crippen MR) is 89.7 cm³/mol. The van der Waals surface area contributed by atoms with Crippen LogP contribution in [0.3, 0.4) is 0 Å². The number of benzene rings is 2. The van der Waals surface area contributed by atoms with Crippen LogP contribution in [-0.4, -0.2) is 19.1 Å². The minimum Gasteiger partial charge on any atom is -0.465 e. The molecule has 0 aliphatic heterocycles. The first-order valence-electron chi connectivity index (χ1n) is 7.76. The van der Waals surface area contributed by atoms with Crippen LogP contribution >= 0.6 is 0 Å². The molecule has 116 valence electrons. The molecule has 3 rings (SSSR count). The van der Waals surface area contributed by atoms with Crippen LogP contribution in [0.2, 0.25) is 0 Å². The maximum atomic E-state index is 11.4. The SMILES string of the molecule is CCC(=O)OCC1c2ccccc2-c2ccccc21.CCN. The van der Waals surface area contributed by atoms with Crippen molar-refractivity contribution in [1.82, 2.24) is 0 Å². The van der Waals surface area contributed by atoms with Gasteiger partial charge in [-0.05, 0) is 28.8 Å². The Morgan fingerprint density at radius 1 is 1.00 bits per heavy atom. The van der Waals surface area contributed by atoms with E-state index in [1.54, 1.807) is 0 Å². The molecule has 22 heavy (non-hydrogen) atoms.